The molecule has 1 aliphatic rings. The summed E-state index contributed by atoms with van der Waals surface area (Å²) >= 11 is 3.21. The lowest BCUT2D eigenvalue weighted by molar-refractivity contribution is -0.384. The van der Waals surface area contributed by atoms with Crippen LogP contribution in [0.4, 0.5) is 11.5 Å². The lowest BCUT2D eigenvalue weighted by atomic mass is 9.99. The molecular weight excluding hydrogens is 314 g/mol. The van der Waals surface area contributed by atoms with Gasteiger partial charge in [-0.15, -0.1) is 0 Å². The Labute approximate surface area is 119 Å². The zero-order valence-electron chi connectivity index (χ0n) is 10.5. The summed E-state index contributed by atoms with van der Waals surface area (Å²) in [5.74, 6) is 0.409. The molecule has 0 aliphatic carbocycles. The van der Waals surface area contributed by atoms with Gasteiger partial charge in [0.2, 0.25) is 5.82 Å². The van der Waals surface area contributed by atoms with E-state index in [1.165, 1.54) is 6.07 Å². The van der Waals surface area contributed by atoms with E-state index < -0.39 is 4.92 Å². The van der Waals surface area contributed by atoms with Crippen LogP contribution in [0.25, 0.3) is 0 Å². The molecule has 1 saturated heterocycles. The van der Waals surface area contributed by atoms with E-state index in [1.54, 1.807) is 6.20 Å². The summed E-state index contributed by atoms with van der Waals surface area (Å²) < 4.78 is 0.596. The van der Waals surface area contributed by atoms with Gasteiger partial charge in [0.05, 0.1) is 4.92 Å². The number of hydrogen-bond donors (Lipinski definition) is 1. The summed E-state index contributed by atoms with van der Waals surface area (Å²) in [5, 5.41) is 20.3. The minimum absolute atomic E-state index is 0.0132. The number of halogens is 1. The van der Waals surface area contributed by atoms with Gasteiger partial charge < -0.3 is 10.0 Å². The van der Waals surface area contributed by atoms with Crippen molar-refractivity contribution in [2.75, 3.05) is 18.1 Å². The predicted molar refractivity (Wildman–Crippen MR) is 75.3 cm³/mol. The molecule has 19 heavy (non-hydrogen) atoms. The molecule has 1 unspecified atom stereocenters. The minimum Gasteiger partial charge on any atom is -0.396 e. The van der Waals surface area contributed by atoms with Crippen molar-refractivity contribution in [3.8, 4) is 0 Å². The molecule has 1 aromatic heterocycles. The highest BCUT2D eigenvalue weighted by Gasteiger charge is 2.29. The van der Waals surface area contributed by atoms with Crippen molar-refractivity contribution >= 4 is 27.4 Å². The zero-order chi connectivity index (χ0) is 13.8. The van der Waals surface area contributed by atoms with Gasteiger partial charge in [0.25, 0.3) is 0 Å². The maximum atomic E-state index is 11.1. The maximum absolute atomic E-state index is 11.1. The second-order valence-corrected chi connectivity index (χ2v) is 5.52. The molecule has 1 aromatic rings. The highest BCUT2D eigenvalue weighted by Crippen LogP contribution is 2.33. The van der Waals surface area contributed by atoms with Crippen molar-refractivity contribution in [2.24, 2.45) is 0 Å². The minimum atomic E-state index is -0.405. The number of nitro groups is 1. The molecule has 1 N–H and O–H groups in total. The van der Waals surface area contributed by atoms with Gasteiger partial charge in [-0.25, -0.2) is 4.98 Å². The molecule has 1 fully saturated rings. The first-order chi connectivity index (χ1) is 9.13. The summed E-state index contributed by atoms with van der Waals surface area (Å²) in [4.78, 5) is 16.9. The standard InChI is InChI=1S/C12H16BrN3O3/c13-9-7-11(16(18)19)12(14-8-9)15-5-2-1-3-10(15)4-6-17/h7-8,10,17H,1-6H2. The van der Waals surface area contributed by atoms with E-state index in [0.717, 1.165) is 25.8 Å². The van der Waals surface area contributed by atoms with E-state index in [1.807, 2.05) is 4.90 Å². The summed E-state index contributed by atoms with van der Waals surface area (Å²) in [6.45, 7) is 0.839. The molecule has 2 rings (SSSR count). The number of aliphatic hydroxyl groups is 1. The van der Waals surface area contributed by atoms with Gasteiger partial charge in [0, 0.05) is 35.9 Å². The molecule has 7 heteroatoms. The molecule has 0 spiro atoms. The van der Waals surface area contributed by atoms with E-state index >= 15 is 0 Å². The Morgan fingerprint density at radius 3 is 3.05 bits per heavy atom. The van der Waals surface area contributed by atoms with E-state index in [0.29, 0.717) is 16.7 Å². The third kappa shape index (κ3) is 3.22. The molecule has 2 heterocycles. The fraction of sp³-hybridized carbons (Fsp3) is 0.583. The number of pyridine rings is 1. The molecular formula is C12H16BrN3O3. The molecule has 0 amide bonds. The normalized spacial score (nSPS) is 19.5. The van der Waals surface area contributed by atoms with Crippen LogP contribution in [0.1, 0.15) is 25.7 Å². The summed E-state index contributed by atoms with van der Waals surface area (Å²) in [6.07, 6.45) is 5.22. The highest BCUT2D eigenvalue weighted by atomic mass is 79.9. The molecule has 104 valence electrons. The molecule has 0 bridgehead atoms. The Kier molecular flexibility index (Phi) is 4.71. The van der Waals surface area contributed by atoms with Crippen LogP contribution in [0.3, 0.4) is 0 Å². The summed E-state index contributed by atoms with van der Waals surface area (Å²) in [7, 11) is 0. The maximum Gasteiger partial charge on any atom is 0.312 e. The topological polar surface area (TPSA) is 79.5 Å². The number of aliphatic hydroxyl groups excluding tert-OH is 1. The monoisotopic (exact) mass is 329 g/mol. The molecule has 1 aliphatic heterocycles. The predicted octanol–water partition coefficient (Wildman–Crippen LogP) is 2.49. The molecule has 6 nitrogen and oxygen atoms in total. The van der Waals surface area contributed by atoms with Gasteiger partial charge in [0.15, 0.2) is 0 Å². The first-order valence-electron chi connectivity index (χ1n) is 6.31. The van der Waals surface area contributed by atoms with Crippen LogP contribution < -0.4 is 4.90 Å². The van der Waals surface area contributed by atoms with Crippen LogP contribution >= 0.6 is 15.9 Å². The van der Waals surface area contributed by atoms with E-state index in [4.69, 9.17) is 5.11 Å². The van der Waals surface area contributed by atoms with Gasteiger partial charge in [-0.05, 0) is 41.6 Å². The first kappa shape index (κ1) is 14.2. The Hall–Kier alpha value is -1.21. The third-order valence-electron chi connectivity index (χ3n) is 3.37. The van der Waals surface area contributed by atoms with Crippen molar-refractivity contribution in [3.05, 3.63) is 26.9 Å². The van der Waals surface area contributed by atoms with Gasteiger partial charge in [0.1, 0.15) is 0 Å². The van der Waals surface area contributed by atoms with Crippen LogP contribution in [-0.4, -0.2) is 34.2 Å². The smallest absolute Gasteiger partial charge is 0.312 e. The van der Waals surface area contributed by atoms with Crippen LogP contribution in [0.15, 0.2) is 16.7 Å². The summed E-state index contributed by atoms with van der Waals surface area (Å²) in [6, 6.07) is 1.61. The number of anilines is 1. The Balaban J connectivity index is 2.35. The quantitative estimate of drug-likeness (QED) is 0.678. The van der Waals surface area contributed by atoms with Gasteiger partial charge >= 0.3 is 5.69 Å². The fourth-order valence-electron chi connectivity index (χ4n) is 2.51. The van der Waals surface area contributed by atoms with E-state index in [9.17, 15) is 10.1 Å². The van der Waals surface area contributed by atoms with E-state index in [2.05, 4.69) is 20.9 Å². The van der Waals surface area contributed by atoms with Gasteiger partial charge in [-0.1, -0.05) is 0 Å². The molecule has 1 atom stereocenters. The number of hydrogen-bond acceptors (Lipinski definition) is 5. The second-order valence-electron chi connectivity index (χ2n) is 4.61. The Morgan fingerprint density at radius 1 is 1.58 bits per heavy atom. The number of aromatic nitrogens is 1. The van der Waals surface area contributed by atoms with Crippen molar-refractivity contribution in [2.45, 2.75) is 31.7 Å². The summed E-state index contributed by atoms with van der Waals surface area (Å²) in [5.41, 5.74) is 0.0132. The van der Waals surface area contributed by atoms with Crippen LogP contribution in [0.5, 0.6) is 0 Å². The largest absolute Gasteiger partial charge is 0.396 e. The highest BCUT2D eigenvalue weighted by molar-refractivity contribution is 9.10. The lowest BCUT2D eigenvalue weighted by Crippen LogP contribution is -2.41. The number of nitrogens with zero attached hydrogens (tertiary/aromatic N) is 3. The van der Waals surface area contributed by atoms with Gasteiger partial charge in [-0.3, -0.25) is 10.1 Å². The van der Waals surface area contributed by atoms with Crippen LogP contribution in [0.2, 0.25) is 0 Å². The fourth-order valence-corrected chi connectivity index (χ4v) is 2.82. The molecule has 0 saturated carbocycles. The van der Waals surface area contributed by atoms with Crippen molar-refractivity contribution in [3.63, 3.8) is 0 Å². The van der Waals surface area contributed by atoms with Crippen LogP contribution in [-0.2, 0) is 0 Å². The Bertz CT molecular complexity index is 468. The lowest BCUT2D eigenvalue weighted by Gasteiger charge is -2.36. The molecule has 0 aromatic carbocycles. The number of rotatable bonds is 4. The van der Waals surface area contributed by atoms with Gasteiger partial charge in [-0.2, -0.15) is 0 Å². The SMILES string of the molecule is O=[N+]([O-])c1cc(Br)cnc1N1CCCCC1CCO. The second kappa shape index (κ2) is 6.29. The average Bonchev–Trinajstić information content (AvgIpc) is 2.40. The van der Waals surface area contributed by atoms with Crippen molar-refractivity contribution in [1.29, 1.82) is 0 Å². The molecule has 0 radical (unpaired) electrons. The van der Waals surface area contributed by atoms with Crippen molar-refractivity contribution in [1.82, 2.24) is 4.98 Å². The zero-order valence-corrected chi connectivity index (χ0v) is 12.0. The average molecular weight is 330 g/mol. The van der Waals surface area contributed by atoms with Crippen LogP contribution in [0, 0.1) is 10.1 Å². The Morgan fingerprint density at radius 2 is 2.37 bits per heavy atom. The van der Waals surface area contributed by atoms with Crippen molar-refractivity contribution < 1.29 is 10.0 Å². The third-order valence-corrected chi connectivity index (χ3v) is 3.81. The number of piperidine rings is 1. The van der Waals surface area contributed by atoms with E-state index in [-0.39, 0.29) is 18.3 Å². The first-order valence-corrected chi connectivity index (χ1v) is 7.10.